The maximum absolute atomic E-state index is 14.8. The highest BCUT2D eigenvalue weighted by molar-refractivity contribution is 6.76. The molecule has 1 aromatic heterocycles. The van der Waals surface area contributed by atoms with Crippen LogP contribution in [0.15, 0.2) is 60.8 Å². The monoisotopic (exact) mass is 581 g/mol. The molecule has 1 aliphatic rings. The summed E-state index contributed by atoms with van der Waals surface area (Å²) in [5.74, 6) is -0.440. The van der Waals surface area contributed by atoms with E-state index in [-0.39, 0.29) is 17.7 Å². The molecule has 3 aromatic rings. The topological polar surface area (TPSA) is 55.3 Å². The molecule has 4 rings (SSSR count). The number of hydrogen-bond donors (Lipinski definition) is 2. The molecule has 41 heavy (non-hydrogen) atoms. The van der Waals surface area contributed by atoms with Gasteiger partial charge in [-0.05, 0) is 67.6 Å². The first-order chi connectivity index (χ1) is 19.7. The molecule has 0 aliphatic heterocycles. The molecule has 1 amide bonds. The van der Waals surface area contributed by atoms with E-state index in [1.165, 1.54) is 31.4 Å². The van der Waals surface area contributed by atoms with Gasteiger partial charge in [0.15, 0.2) is 0 Å². The molecule has 0 unspecified atom stereocenters. The lowest BCUT2D eigenvalue weighted by Gasteiger charge is -2.32. The van der Waals surface area contributed by atoms with E-state index in [4.69, 9.17) is 4.74 Å². The highest BCUT2D eigenvalue weighted by Crippen LogP contribution is 2.37. The average molecular weight is 582 g/mol. The summed E-state index contributed by atoms with van der Waals surface area (Å²) >= 11 is 0. The van der Waals surface area contributed by atoms with Crippen LogP contribution in [-0.4, -0.2) is 38.4 Å². The number of rotatable bonds is 13. The quantitative estimate of drug-likeness (QED) is 0.158. The molecule has 0 bridgehead atoms. The van der Waals surface area contributed by atoms with Gasteiger partial charge in [-0.2, -0.15) is 0 Å². The summed E-state index contributed by atoms with van der Waals surface area (Å²) in [6.45, 7) is 9.14. The lowest BCUT2D eigenvalue weighted by Crippen LogP contribution is -2.34. The van der Waals surface area contributed by atoms with E-state index in [0.29, 0.717) is 31.2 Å². The molecule has 8 heteroatoms. The minimum atomic E-state index is -1.24. The van der Waals surface area contributed by atoms with Gasteiger partial charge in [0, 0.05) is 44.2 Å². The largest absolute Gasteiger partial charge is 0.450 e. The molecular formula is C33H45F2N3O2Si. The van der Waals surface area contributed by atoms with E-state index in [1.807, 2.05) is 30.5 Å². The van der Waals surface area contributed by atoms with Crippen molar-refractivity contribution in [2.24, 2.45) is 5.92 Å². The maximum Gasteiger partial charge on any atom is 0.407 e. The van der Waals surface area contributed by atoms with Crippen LogP contribution in [-0.2, 0) is 11.3 Å². The Morgan fingerprint density at radius 3 is 2.51 bits per heavy atom. The molecular weight excluding hydrogens is 536 g/mol. The van der Waals surface area contributed by atoms with Gasteiger partial charge in [-0.3, -0.25) is 0 Å². The van der Waals surface area contributed by atoms with Gasteiger partial charge in [-0.25, -0.2) is 13.6 Å². The van der Waals surface area contributed by atoms with Gasteiger partial charge >= 0.3 is 6.09 Å². The normalized spacial score (nSPS) is 15.0. The fourth-order valence-corrected chi connectivity index (χ4v) is 6.31. The van der Waals surface area contributed by atoms with Crippen LogP contribution in [0, 0.1) is 17.6 Å². The van der Waals surface area contributed by atoms with Crippen molar-refractivity contribution in [3.63, 3.8) is 0 Å². The van der Waals surface area contributed by atoms with Crippen molar-refractivity contribution in [3.8, 4) is 11.1 Å². The molecule has 1 aliphatic carbocycles. The third-order valence-electron chi connectivity index (χ3n) is 7.88. The van der Waals surface area contributed by atoms with Crippen molar-refractivity contribution >= 4 is 14.2 Å². The number of carbonyl (C=O) groups is 1. The average Bonchev–Trinajstić information content (AvgIpc) is 3.35. The number of nitrogens with one attached hydrogen (secondary N) is 2. The van der Waals surface area contributed by atoms with Crippen LogP contribution < -0.4 is 10.6 Å². The number of aromatic nitrogens is 1. The van der Waals surface area contributed by atoms with Crippen molar-refractivity contribution in [3.05, 3.63) is 83.7 Å². The van der Waals surface area contributed by atoms with E-state index < -0.39 is 19.7 Å². The molecule has 1 heterocycles. The smallest absolute Gasteiger partial charge is 0.407 e. The molecule has 0 saturated heterocycles. The van der Waals surface area contributed by atoms with Crippen LogP contribution in [0.5, 0.6) is 0 Å². The molecule has 2 N–H and O–H groups in total. The van der Waals surface area contributed by atoms with E-state index in [0.717, 1.165) is 49.2 Å². The Morgan fingerprint density at radius 2 is 1.78 bits per heavy atom. The third kappa shape index (κ3) is 9.53. The van der Waals surface area contributed by atoms with Gasteiger partial charge in [-0.15, -0.1) is 0 Å². The Hall–Kier alpha value is -2.97. The number of hydrogen-bond acceptors (Lipinski definition) is 3. The second-order valence-electron chi connectivity index (χ2n) is 12.4. The van der Waals surface area contributed by atoms with E-state index in [9.17, 15) is 13.6 Å². The molecule has 0 spiro atoms. The van der Waals surface area contributed by atoms with Gasteiger partial charge in [0.05, 0.1) is 12.6 Å². The van der Waals surface area contributed by atoms with Gasteiger partial charge in [0.2, 0.25) is 0 Å². The summed E-state index contributed by atoms with van der Waals surface area (Å²) in [5.41, 5.74) is 3.18. The zero-order valence-electron chi connectivity index (χ0n) is 24.7. The fraction of sp³-hybridized carbons (Fsp3) is 0.485. The molecule has 1 atom stereocenters. The van der Waals surface area contributed by atoms with Crippen molar-refractivity contribution in [2.45, 2.75) is 76.8 Å². The van der Waals surface area contributed by atoms with Gasteiger partial charge in [-0.1, -0.05) is 69.2 Å². The number of amides is 1. The fourth-order valence-electron chi connectivity index (χ4n) is 5.59. The first kappa shape index (κ1) is 31.0. The maximum atomic E-state index is 14.8. The highest BCUT2D eigenvalue weighted by atomic mass is 28.3. The van der Waals surface area contributed by atoms with Gasteiger partial charge < -0.3 is 19.9 Å². The number of halogens is 2. The lowest BCUT2D eigenvalue weighted by molar-refractivity contribution is 0.151. The molecule has 0 radical (unpaired) electrons. The van der Waals surface area contributed by atoms with E-state index in [2.05, 4.69) is 47.0 Å². The number of carbonyl (C=O) groups excluding carboxylic acids is 1. The number of ether oxygens (including phenoxy) is 1. The zero-order valence-corrected chi connectivity index (χ0v) is 25.7. The Bertz CT molecular complexity index is 1250. The Labute approximate surface area is 244 Å². The van der Waals surface area contributed by atoms with Gasteiger partial charge in [0.25, 0.3) is 0 Å². The number of nitrogens with zero attached hydrogens (tertiary/aromatic N) is 1. The predicted molar refractivity (Wildman–Crippen MR) is 165 cm³/mol. The van der Waals surface area contributed by atoms with Crippen LogP contribution >= 0.6 is 0 Å². The molecule has 1 fully saturated rings. The molecule has 1 saturated carbocycles. The van der Waals surface area contributed by atoms with Crippen LogP contribution in [0.25, 0.3) is 11.1 Å². The van der Waals surface area contributed by atoms with Crippen molar-refractivity contribution in [2.75, 3.05) is 19.7 Å². The minimum Gasteiger partial charge on any atom is -0.450 e. The minimum absolute atomic E-state index is 0.0630. The summed E-state index contributed by atoms with van der Waals surface area (Å²) in [4.78, 5) is 12.1. The van der Waals surface area contributed by atoms with Crippen LogP contribution in [0.1, 0.15) is 55.8 Å². The summed E-state index contributed by atoms with van der Waals surface area (Å²) in [6.07, 6.45) is 8.24. The standard InChI is InChI=1S/C33H45F2N3O2Si/c1-41(2,3)20-19-40-33(39)37-18-10-17-36-32(26-13-8-5-9-14-26)31-21-27(29-22-28(34)15-16-30(29)35)24-38(31)23-25-11-6-4-7-12-25/h4,6-7,11-12,15-16,21-22,24,26,32,36H,5,8-10,13-14,17-20,23H2,1-3H3,(H,37,39)/t32-/m1/s1. The summed E-state index contributed by atoms with van der Waals surface area (Å²) in [7, 11) is -1.24. The predicted octanol–water partition coefficient (Wildman–Crippen LogP) is 8.15. The van der Waals surface area contributed by atoms with Crippen molar-refractivity contribution in [1.82, 2.24) is 15.2 Å². The first-order valence-electron chi connectivity index (χ1n) is 15.0. The molecule has 222 valence electrons. The van der Waals surface area contributed by atoms with E-state index >= 15 is 0 Å². The Kier molecular flexibility index (Phi) is 11.2. The first-order valence-corrected chi connectivity index (χ1v) is 18.7. The summed E-state index contributed by atoms with van der Waals surface area (Å²) in [5, 5.41) is 6.66. The summed E-state index contributed by atoms with van der Waals surface area (Å²) in [6, 6.07) is 16.9. The van der Waals surface area contributed by atoms with Crippen LogP contribution in [0.3, 0.4) is 0 Å². The molecule has 2 aromatic carbocycles. The summed E-state index contributed by atoms with van der Waals surface area (Å²) < 4.78 is 36.5. The molecule has 5 nitrogen and oxygen atoms in total. The van der Waals surface area contributed by atoms with Crippen molar-refractivity contribution < 1.29 is 18.3 Å². The zero-order chi connectivity index (χ0) is 29.2. The second kappa shape index (κ2) is 14.8. The van der Waals surface area contributed by atoms with Gasteiger partial charge in [0.1, 0.15) is 11.6 Å². The lowest BCUT2D eigenvalue weighted by atomic mass is 9.82. The SMILES string of the molecule is C[Si](C)(C)CCOC(=O)NCCCN[C@@H](c1cc(-c2cc(F)ccc2F)cn1Cc1ccccc1)C1CCCCC1. The van der Waals surface area contributed by atoms with Crippen LogP contribution in [0.2, 0.25) is 25.7 Å². The number of alkyl carbamates (subject to hydrolysis) is 1. The van der Waals surface area contributed by atoms with E-state index in [1.54, 1.807) is 0 Å². The Balaban J connectivity index is 1.50. The second-order valence-corrected chi connectivity index (χ2v) is 18.1. The third-order valence-corrected chi connectivity index (χ3v) is 9.58. The highest BCUT2D eigenvalue weighted by Gasteiger charge is 2.28. The van der Waals surface area contributed by atoms with Crippen molar-refractivity contribution in [1.29, 1.82) is 0 Å². The number of benzene rings is 2. The van der Waals surface area contributed by atoms with Crippen LogP contribution in [0.4, 0.5) is 13.6 Å². The Morgan fingerprint density at radius 1 is 1.02 bits per heavy atom.